The zero-order valence-corrected chi connectivity index (χ0v) is 10.3. The van der Waals surface area contributed by atoms with E-state index in [9.17, 15) is 5.11 Å². The second kappa shape index (κ2) is 6.28. The van der Waals surface area contributed by atoms with E-state index in [1.807, 2.05) is 24.3 Å². The molecule has 0 radical (unpaired) electrons. The van der Waals surface area contributed by atoms with Crippen LogP contribution in [0.15, 0.2) is 30.6 Å². The lowest BCUT2D eigenvalue weighted by molar-refractivity contribution is 0.174. The number of aromatic nitrogens is 2. The summed E-state index contributed by atoms with van der Waals surface area (Å²) in [7, 11) is 1.65. The quantitative estimate of drug-likeness (QED) is 0.808. The molecule has 0 aliphatic rings. The maximum absolute atomic E-state index is 9.32. The number of methoxy groups -OCH3 is 1. The van der Waals surface area contributed by atoms with E-state index in [0.717, 1.165) is 23.1 Å². The van der Waals surface area contributed by atoms with Gasteiger partial charge in [-0.15, -0.1) is 0 Å². The second-order valence-electron chi connectivity index (χ2n) is 4.04. The molecule has 2 rings (SSSR count). The molecule has 0 fully saturated rings. The van der Waals surface area contributed by atoms with Gasteiger partial charge in [-0.05, 0) is 18.6 Å². The van der Waals surface area contributed by atoms with Crippen LogP contribution in [-0.4, -0.2) is 41.4 Å². The van der Waals surface area contributed by atoms with E-state index in [1.54, 1.807) is 7.11 Å². The van der Waals surface area contributed by atoms with E-state index < -0.39 is 0 Å². The molecule has 0 bridgehead atoms. The van der Waals surface area contributed by atoms with Crippen LogP contribution in [0.5, 0.6) is 0 Å². The van der Waals surface area contributed by atoms with E-state index in [4.69, 9.17) is 4.74 Å². The van der Waals surface area contributed by atoms with Gasteiger partial charge in [-0.3, -0.25) is 0 Å². The molecule has 1 heterocycles. The fourth-order valence-electron chi connectivity index (χ4n) is 1.78. The lowest BCUT2D eigenvalue weighted by Crippen LogP contribution is -2.26. The van der Waals surface area contributed by atoms with Gasteiger partial charge in [0.05, 0.1) is 18.2 Å². The third-order valence-corrected chi connectivity index (χ3v) is 2.77. The second-order valence-corrected chi connectivity index (χ2v) is 4.04. The first kappa shape index (κ1) is 12.7. The zero-order chi connectivity index (χ0) is 12.8. The largest absolute Gasteiger partial charge is 0.394 e. The van der Waals surface area contributed by atoms with Crippen LogP contribution in [0.4, 0.5) is 5.82 Å². The molecule has 0 amide bonds. The van der Waals surface area contributed by atoms with Crippen LogP contribution in [0.25, 0.3) is 10.9 Å². The molecular weight excluding hydrogens is 230 g/mol. The smallest absolute Gasteiger partial charge is 0.137 e. The Morgan fingerprint density at radius 3 is 2.94 bits per heavy atom. The highest BCUT2D eigenvalue weighted by molar-refractivity contribution is 5.88. The van der Waals surface area contributed by atoms with Crippen molar-refractivity contribution in [2.45, 2.75) is 12.5 Å². The maximum atomic E-state index is 9.32. The van der Waals surface area contributed by atoms with E-state index in [-0.39, 0.29) is 12.6 Å². The van der Waals surface area contributed by atoms with Crippen molar-refractivity contribution in [2.24, 2.45) is 0 Å². The fraction of sp³-hybridized carbons (Fsp3) is 0.385. The SMILES string of the molecule is COCCC(CO)Nc1ncnc2ccccc12. The molecule has 1 aromatic carbocycles. The summed E-state index contributed by atoms with van der Waals surface area (Å²) in [5.41, 5.74) is 0.887. The molecule has 2 aromatic rings. The molecule has 0 aliphatic heterocycles. The van der Waals surface area contributed by atoms with Crippen LogP contribution >= 0.6 is 0 Å². The van der Waals surface area contributed by atoms with Crippen molar-refractivity contribution >= 4 is 16.7 Å². The molecule has 96 valence electrons. The predicted octanol–water partition coefficient (Wildman–Crippen LogP) is 1.44. The average Bonchev–Trinajstić information content (AvgIpc) is 2.43. The van der Waals surface area contributed by atoms with Gasteiger partial charge in [0.25, 0.3) is 0 Å². The third kappa shape index (κ3) is 2.94. The van der Waals surface area contributed by atoms with Crippen molar-refractivity contribution in [1.29, 1.82) is 0 Å². The molecule has 0 saturated heterocycles. The molecule has 0 aliphatic carbocycles. The average molecular weight is 247 g/mol. The lowest BCUT2D eigenvalue weighted by Gasteiger charge is -2.17. The number of rotatable bonds is 6. The minimum Gasteiger partial charge on any atom is -0.394 e. The number of para-hydroxylation sites is 1. The summed E-state index contributed by atoms with van der Waals surface area (Å²) in [6.07, 6.45) is 2.25. The predicted molar refractivity (Wildman–Crippen MR) is 70.5 cm³/mol. The van der Waals surface area contributed by atoms with Gasteiger partial charge in [-0.2, -0.15) is 0 Å². The van der Waals surface area contributed by atoms with E-state index in [0.29, 0.717) is 6.61 Å². The Kier molecular flexibility index (Phi) is 4.44. The number of nitrogens with one attached hydrogen (secondary N) is 1. The fourth-order valence-corrected chi connectivity index (χ4v) is 1.78. The number of ether oxygens (including phenoxy) is 1. The van der Waals surface area contributed by atoms with Crippen molar-refractivity contribution in [3.05, 3.63) is 30.6 Å². The van der Waals surface area contributed by atoms with Crippen molar-refractivity contribution in [2.75, 3.05) is 25.6 Å². The van der Waals surface area contributed by atoms with E-state index in [1.165, 1.54) is 6.33 Å². The van der Waals surface area contributed by atoms with E-state index >= 15 is 0 Å². The number of fused-ring (bicyclic) bond motifs is 1. The van der Waals surface area contributed by atoms with Crippen molar-refractivity contribution in [1.82, 2.24) is 9.97 Å². The normalized spacial score (nSPS) is 12.6. The molecular formula is C13H17N3O2. The molecule has 1 unspecified atom stereocenters. The molecule has 1 atom stereocenters. The molecule has 2 N–H and O–H groups in total. The first-order valence-corrected chi connectivity index (χ1v) is 5.91. The lowest BCUT2D eigenvalue weighted by atomic mass is 10.2. The van der Waals surface area contributed by atoms with Crippen molar-refractivity contribution in [3.8, 4) is 0 Å². The van der Waals surface area contributed by atoms with Crippen LogP contribution in [0.2, 0.25) is 0 Å². The van der Waals surface area contributed by atoms with Gasteiger partial charge >= 0.3 is 0 Å². The minimum absolute atomic E-state index is 0.0433. The number of aliphatic hydroxyl groups excluding tert-OH is 1. The van der Waals surface area contributed by atoms with Crippen LogP contribution in [0.3, 0.4) is 0 Å². The van der Waals surface area contributed by atoms with E-state index in [2.05, 4.69) is 15.3 Å². The van der Waals surface area contributed by atoms with Crippen LogP contribution in [-0.2, 0) is 4.74 Å². The highest BCUT2D eigenvalue weighted by Gasteiger charge is 2.10. The number of benzene rings is 1. The van der Waals surface area contributed by atoms with Gasteiger partial charge in [-0.1, -0.05) is 12.1 Å². The standard InChI is InChI=1S/C13H17N3O2/c1-18-7-6-10(8-17)16-13-11-4-2-3-5-12(11)14-9-15-13/h2-5,9-10,17H,6-8H2,1H3,(H,14,15,16). The summed E-state index contributed by atoms with van der Waals surface area (Å²) in [6.45, 7) is 0.642. The topological polar surface area (TPSA) is 67.3 Å². The Hall–Kier alpha value is -1.72. The first-order valence-electron chi connectivity index (χ1n) is 5.91. The molecule has 5 nitrogen and oxygen atoms in total. The van der Waals surface area contributed by atoms with Crippen LogP contribution in [0, 0.1) is 0 Å². The Labute approximate surface area is 106 Å². The van der Waals surface area contributed by atoms with Crippen LogP contribution < -0.4 is 5.32 Å². The number of aliphatic hydroxyl groups is 1. The molecule has 1 aromatic heterocycles. The Morgan fingerprint density at radius 2 is 2.17 bits per heavy atom. The summed E-state index contributed by atoms with van der Waals surface area (Å²) in [4.78, 5) is 8.43. The van der Waals surface area contributed by atoms with Gasteiger partial charge in [-0.25, -0.2) is 9.97 Å². The monoisotopic (exact) mass is 247 g/mol. The number of hydrogen-bond donors (Lipinski definition) is 2. The first-order chi connectivity index (χ1) is 8.85. The molecule has 18 heavy (non-hydrogen) atoms. The number of nitrogens with zero attached hydrogens (tertiary/aromatic N) is 2. The highest BCUT2D eigenvalue weighted by Crippen LogP contribution is 2.19. The van der Waals surface area contributed by atoms with Gasteiger partial charge in [0.1, 0.15) is 12.1 Å². The molecule has 0 saturated carbocycles. The third-order valence-electron chi connectivity index (χ3n) is 2.77. The summed E-state index contributed by atoms with van der Waals surface area (Å²) in [6, 6.07) is 7.71. The van der Waals surface area contributed by atoms with Crippen molar-refractivity contribution < 1.29 is 9.84 Å². The highest BCUT2D eigenvalue weighted by atomic mass is 16.5. The van der Waals surface area contributed by atoms with Gasteiger partial charge < -0.3 is 15.2 Å². The summed E-state index contributed by atoms with van der Waals surface area (Å²) < 4.78 is 5.02. The Bertz CT molecular complexity index is 499. The summed E-state index contributed by atoms with van der Waals surface area (Å²) in [5, 5.41) is 13.5. The summed E-state index contributed by atoms with van der Waals surface area (Å²) >= 11 is 0. The Balaban J connectivity index is 2.19. The van der Waals surface area contributed by atoms with Gasteiger partial charge in [0, 0.05) is 19.1 Å². The zero-order valence-electron chi connectivity index (χ0n) is 10.3. The maximum Gasteiger partial charge on any atom is 0.137 e. The number of hydrogen-bond acceptors (Lipinski definition) is 5. The molecule has 5 heteroatoms. The number of anilines is 1. The Morgan fingerprint density at radius 1 is 1.33 bits per heavy atom. The summed E-state index contributed by atoms with van der Waals surface area (Å²) in [5.74, 6) is 0.746. The van der Waals surface area contributed by atoms with Crippen LogP contribution in [0.1, 0.15) is 6.42 Å². The molecule has 0 spiro atoms. The van der Waals surface area contributed by atoms with Gasteiger partial charge in [0.2, 0.25) is 0 Å². The van der Waals surface area contributed by atoms with Gasteiger partial charge in [0.15, 0.2) is 0 Å². The van der Waals surface area contributed by atoms with Crippen molar-refractivity contribution in [3.63, 3.8) is 0 Å². The minimum atomic E-state index is -0.0664.